The van der Waals surface area contributed by atoms with Crippen LogP contribution in [0.3, 0.4) is 0 Å². The van der Waals surface area contributed by atoms with Crippen LogP contribution in [-0.2, 0) is 9.47 Å². The predicted molar refractivity (Wildman–Crippen MR) is 89.2 cm³/mol. The Morgan fingerprint density at radius 2 is 1.71 bits per heavy atom. The molecule has 0 saturated carbocycles. The van der Waals surface area contributed by atoms with Gasteiger partial charge in [0, 0.05) is 11.5 Å². The van der Waals surface area contributed by atoms with Crippen molar-refractivity contribution in [3.05, 3.63) is 29.8 Å². The van der Waals surface area contributed by atoms with Gasteiger partial charge in [-0.05, 0) is 12.5 Å². The lowest BCUT2D eigenvalue weighted by Crippen LogP contribution is -2.27. The number of unbranched alkanes of at least 4 members (excludes halogenated alkanes) is 5. The molecule has 1 heterocycles. The highest BCUT2D eigenvalue weighted by atomic mass is 19.3. The summed E-state index contributed by atoms with van der Waals surface area (Å²) in [4.78, 5) is 0. The van der Waals surface area contributed by atoms with E-state index in [2.05, 4.69) is 11.7 Å². The third-order valence-corrected chi connectivity index (χ3v) is 4.32. The number of benzene rings is 1. The summed E-state index contributed by atoms with van der Waals surface area (Å²) >= 11 is 0. The molecule has 0 aliphatic carbocycles. The van der Waals surface area contributed by atoms with Crippen molar-refractivity contribution >= 4 is 0 Å². The number of para-hydroxylation sites is 1. The Morgan fingerprint density at radius 3 is 2.42 bits per heavy atom. The van der Waals surface area contributed by atoms with Gasteiger partial charge in [-0.25, -0.2) is 0 Å². The van der Waals surface area contributed by atoms with Crippen LogP contribution in [0.15, 0.2) is 24.3 Å². The lowest BCUT2D eigenvalue weighted by atomic mass is 10.0. The van der Waals surface area contributed by atoms with E-state index < -0.39 is 12.9 Å². The summed E-state index contributed by atoms with van der Waals surface area (Å²) in [6.45, 7) is 0.568. The van der Waals surface area contributed by atoms with E-state index in [1.165, 1.54) is 44.6 Å². The summed E-state index contributed by atoms with van der Waals surface area (Å²) < 4.78 is 41.0. The molecule has 0 amide bonds. The largest absolute Gasteiger partial charge is 0.434 e. The molecule has 0 aromatic heterocycles. The molecule has 0 radical (unpaired) electrons. The van der Waals surface area contributed by atoms with Crippen molar-refractivity contribution in [2.75, 3.05) is 13.2 Å². The molecule has 1 aliphatic heterocycles. The first-order valence-electron chi connectivity index (χ1n) is 8.97. The van der Waals surface area contributed by atoms with Gasteiger partial charge in [0.2, 0.25) is 0 Å². The molecule has 1 aromatic rings. The third-order valence-electron chi connectivity index (χ3n) is 4.32. The minimum Gasteiger partial charge on any atom is -0.434 e. The molecular weight excluding hydrogens is 314 g/mol. The van der Waals surface area contributed by atoms with Gasteiger partial charge < -0.3 is 14.2 Å². The van der Waals surface area contributed by atoms with E-state index in [0.29, 0.717) is 24.7 Å². The average molecular weight is 342 g/mol. The molecule has 3 nitrogen and oxygen atoms in total. The van der Waals surface area contributed by atoms with Crippen LogP contribution in [0, 0.1) is 5.92 Å². The summed E-state index contributed by atoms with van der Waals surface area (Å²) in [6, 6.07) is 6.64. The monoisotopic (exact) mass is 342 g/mol. The fraction of sp³-hybridized carbons (Fsp3) is 0.684. The van der Waals surface area contributed by atoms with Gasteiger partial charge >= 0.3 is 6.61 Å². The molecule has 1 aromatic carbocycles. The minimum atomic E-state index is -2.85. The standard InChI is InChI=1S/C19H28F2O3/c1-2-3-4-5-6-7-10-15-13-22-18(23-14-15)16-11-8-9-12-17(16)24-19(20)21/h8-9,11-12,15,18-19H,2-7,10,13-14H2,1H3. The Kier molecular flexibility index (Phi) is 8.47. The van der Waals surface area contributed by atoms with Gasteiger partial charge in [0.1, 0.15) is 5.75 Å². The van der Waals surface area contributed by atoms with E-state index in [9.17, 15) is 8.78 Å². The van der Waals surface area contributed by atoms with E-state index >= 15 is 0 Å². The summed E-state index contributed by atoms with van der Waals surface area (Å²) in [5.41, 5.74) is 0.524. The Morgan fingerprint density at radius 1 is 1.04 bits per heavy atom. The van der Waals surface area contributed by atoms with Crippen LogP contribution >= 0.6 is 0 Å². The summed E-state index contributed by atoms with van der Waals surface area (Å²) in [5.74, 6) is 0.502. The van der Waals surface area contributed by atoms with Crippen molar-refractivity contribution in [2.24, 2.45) is 5.92 Å². The molecule has 1 aliphatic rings. The van der Waals surface area contributed by atoms with Crippen LogP contribution < -0.4 is 4.74 Å². The molecular formula is C19H28F2O3. The van der Waals surface area contributed by atoms with Crippen LogP contribution in [0.2, 0.25) is 0 Å². The van der Waals surface area contributed by atoms with Gasteiger partial charge in [-0.15, -0.1) is 0 Å². The molecule has 0 atom stereocenters. The molecule has 136 valence electrons. The molecule has 0 bridgehead atoms. The molecule has 1 fully saturated rings. The Bertz CT molecular complexity index is 460. The first-order valence-corrected chi connectivity index (χ1v) is 8.97. The normalized spacial score (nSPS) is 21.2. The van der Waals surface area contributed by atoms with Gasteiger partial charge in [0.05, 0.1) is 13.2 Å². The van der Waals surface area contributed by atoms with Crippen molar-refractivity contribution in [1.82, 2.24) is 0 Å². The maximum atomic E-state index is 12.5. The van der Waals surface area contributed by atoms with E-state index in [-0.39, 0.29) is 5.75 Å². The van der Waals surface area contributed by atoms with Crippen molar-refractivity contribution < 1.29 is 23.0 Å². The number of hydrogen-bond donors (Lipinski definition) is 0. The second-order valence-electron chi connectivity index (χ2n) is 6.34. The van der Waals surface area contributed by atoms with E-state index in [1.54, 1.807) is 18.2 Å². The smallest absolute Gasteiger partial charge is 0.387 e. The maximum Gasteiger partial charge on any atom is 0.387 e. The summed E-state index contributed by atoms with van der Waals surface area (Å²) in [7, 11) is 0. The molecule has 0 spiro atoms. The number of halogens is 2. The molecule has 0 N–H and O–H groups in total. The summed E-state index contributed by atoms with van der Waals surface area (Å²) in [5, 5.41) is 0. The molecule has 1 saturated heterocycles. The highest BCUT2D eigenvalue weighted by Gasteiger charge is 2.26. The van der Waals surface area contributed by atoms with E-state index in [4.69, 9.17) is 9.47 Å². The van der Waals surface area contributed by atoms with Gasteiger partial charge in [-0.2, -0.15) is 8.78 Å². The topological polar surface area (TPSA) is 27.7 Å². The van der Waals surface area contributed by atoms with Crippen LogP contribution in [0.1, 0.15) is 63.7 Å². The predicted octanol–water partition coefficient (Wildman–Crippen LogP) is 5.70. The number of hydrogen-bond acceptors (Lipinski definition) is 3. The van der Waals surface area contributed by atoms with Gasteiger partial charge in [0.15, 0.2) is 6.29 Å². The first kappa shape index (κ1) is 19.1. The van der Waals surface area contributed by atoms with Crippen molar-refractivity contribution in [2.45, 2.75) is 64.8 Å². The number of ether oxygens (including phenoxy) is 3. The SMILES string of the molecule is CCCCCCCCC1COC(c2ccccc2OC(F)F)OC1. The second kappa shape index (κ2) is 10.6. The Balaban J connectivity index is 1.73. The lowest BCUT2D eigenvalue weighted by molar-refractivity contribution is -0.207. The highest BCUT2D eigenvalue weighted by Crippen LogP contribution is 2.33. The van der Waals surface area contributed by atoms with Crippen molar-refractivity contribution in [1.29, 1.82) is 0 Å². The van der Waals surface area contributed by atoms with Crippen LogP contribution in [0.25, 0.3) is 0 Å². The lowest BCUT2D eigenvalue weighted by Gasteiger charge is -2.30. The second-order valence-corrected chi connectivity index (χ2v) is 6.34. The molecule has 2 rings (SSSR count). The summed E-state index contributed by atoms with van der Waals surface area (Å²) in [6.07, 6.45) is 8.11. The van der Waals surface area contributed by atoms with E-state index in [1.807, 2.05) is 0 Å². The van der Waals surface area contributed by atoms with Crippen molar-refractivity contribution in [3.63, 3.8) is 0 Å². The molecule has 0 unspecified atom stereocenters. The molecule has 5 heteroatoms. The van der Waals surface area contributed by atoms with Gasteiger partial charge in [0.25, 0.3) is 0 Å². The van der Waals surface area contributed by atoms with Crippen LogP contribution in [0.5, 0.6) is 5.75 Å². The van der Waals surface area contributed by atoms with Gasteiger partial charge in [-0.1, -0.05) is 63.6 Å². The third kappa shape index (κ3) is 6.36. The number of rotatable bonds is 10. The first-order chi connectivity index (χ1) is 11.7. The maximum absolute atomic E-state index is 12.5. The van der Waals surface area contributed by atoms with Gasteiger partial charge in [-0.3, -0.25) is 0 Å². The zero-order valence-corrected chi connectivity index (χ0v) is 14.4. The zero-order valence-electron chi connectivity index (χ0n) is 14.4. The number of alkyl halides is 2. The highest BCUT2D eigenvalue weighted by molar-refractivity contribution is 5.34. The zero-order chi connectivity index (χ0) is 17.2. The Labute approximate surface area is 143 Å². The minimum absolute atomic E-state index is 0.117. The Hall–Kier alpha value is -1.20. The average Bonchev–Trinajstić information content (AvgIpc) is 2.59. The quantitative estimate of drug-likeness (QED) is 0.510. The fourth-order valence-corrected chi connectivity index (χ4v) is 2.98. The van der Waals surface area contributed by atoms with E-state index in [0.717, 1.165) is 6.42 Å². The van der Waals surface area contributed by atoms with Crippen LogP contribution in [0.4, 0.5) is 8.78 Å². The fourth-order valence-electron chi connectivity index (χ4n) is 2.98. The van der Waals surface area contributed by atoms with Crippen LogP contribution in [-0.4, -0.2) is 19.8 Å². The molecule has 24 heavy (non-hydrogen) atoms. The van der Waals surface area contributed by atoms with Crippen molar-refractivity contribution in [3.8, 4) is 5.75 Å².